The number of ether oxygens (including phenoxy) is 1. The van der Waals surface area contributed by atoms with Gasteiger partial charge in [0.25, 0.3) is 0 Å². The zero-order valence-corrected chi connectivity index (χ0v) is 11.4. The van der Waals surface area contributed by atoms with E-state index in [-0.39, 0.29) is 12.5 Å². The maximum absolute atomic E-state index is 11.5. The largest absolute Gasteiger partial charge is 0.372 e. The molecule has 0 heterocycles. The van der Waals surface area contributed by atoms with Gasteiger partial charge in [-0.3, -0.25) is 4.79 Å². The lowest BCUT2D eigenvalue weighted by atomic mass is 10.2. The molecule has 0 rings (SSSR count). The number of carbonyl (C=O) groups is 1. The van der Waals surface area contributed by atoms with Gasteiger partial charge in [-0.1, -0.05) is 32.6 Å². The zero-order valence-electron chi connectivity index (χ0n) is 11.4. The van der Waals surface area contributed by atoms with Crippen molar-refractivity contribution in [3.05, 3.63) is 0 Å². The Kier molecular flexibility index (Phi) is 11.4. The van der Waals surface area contributed by atoms with Crippen molar-refractivity contribution in [2.75, 3.05) is 33.4 Å². The molecule has 0 unspecified atom stereocenters. The van der Waals surface area contributed by atoms with Crippen LogP contribution in [0.1, 0.15) is 45.4 Å². The number of rotatable bonds is 11. The second kappa shape index (κ2) is 11.9. The highest BCUT2D eigenvalue weighted by atomic mass is 16.5. The lowest BCUT2D eigenvalue weighted by Gasteiger charge is -2.16. The van der Waals surface area contributed by atoms with E-state index < -0.39 is 0 Å². The number of hydrogen-bond acceptors (Lipinski definition) is 3. The number of likely N-dealkylation sites (N-methyl/N-ethyl adjacent to an activating group) is 1. The van der Waals surface area contributed by atoms with Crippen LogP contribution in [0.2, 0.25) is 0 Å². The topological polar surface area (TPSA) is 55.6 Å². The van der Waals surface area contributed by atoms with Crippen molar-refractivity contribution in [1.29, 1.82) is 0 Å². The van der Waals surface area contributed by atoms with E-state index in [1.807, 2.05) is 0 Å². The molecule has 0 radical (unpaired) electrons. The highest BCUT2D eigenvalue weighted by Gasteiger charge is 2.07. The van der Waals surface area contributed by atoms with Gasteiger partial charge in [0, 0.05) is 20.2 Å². The van der Waals surface area contributed by atoms with E-state index in [4.69, 9.17) is 10.5 Å². The van der Waals surface area contributed by atoms with E-state index in [0.717, 1.165) is 19.4 Å². The summed E-state index contributed by atoms with van der Waals surface area (Å²) in [6, 6.07) is 0. The van der Waals surface area contributed by atoms with Crippen LogP contribution >= 0.6 is 0 Å². The van der Waals surface area contributed by atoms with E-state index in [1.54, 1.807) is 11.9 Å². The summed E-state index contributed by atoms with van der Waals surface area (Å²) in [6.07, 6.45) is 6.92. The molecule has 0 bridgehead atoms. The molecule has 0 aromatic rings. The van der Waals surface area contributed by atoms with Gasteiger partial charge >= 0.3 is 0 Å². The monoisotopic (exact) mass is 244 g/mol. The summed E-state index contributed by atoms with van der Waals surface area (Å²) in [4.78, 5) is 13.2. The zero-order chi connectivity index (χ0) is 12.9. The van der Waals surface area contributed by atoms with E-state index in [9.17, 15) is 4.79 Å². The Hall–Kier alpha value is -0.610. The van der Waals surface area contributed by atoms with Crippen molar-refractivity contribution in [3.8, 4) is 0 Å². The highest BCUT2D eigenvalue weighted by Crippen LogP contribution is 2.02. The third kappa shape index (κ3) is 10.3. The Bertz CT molecular complexity index is 186. The van der Waals surface area contributed by atoms with Crippen LogP contribution in [0.4, 0.5) is 0 Å². The van der Waals surface area contributed by atoms with Crippen LogP contribution in [0.5, 0.6) is 0 Å². The molecule has 4 nitrogen and oxygen atoms in total. The summed E-state index contributed by atoms with van der Waals surface area (Å²) < 4.78 is 5.35. The average Bonchev–Trinajstić information content (AvgIpc) is 2.34. The van der Waals surface area contributed by atoms with Crippen LogP contribution < -0.4 is 5.73 Å². The van der Waals surface area contributed by atoms with Crippen molar-refractivity contribution >= 4 is 5.91 Å². The normalized spacial score (nSPS) is 10.5. The van der Waals surface area contributed by atoms with Crippen molar-refractivity contribution < 1.29 is 9.53 Å². The van der Waals surface area contributed by atoms with Crippen molar-refractivity contribution in [1.82, 2.24) is 4.90 Å². The quantitative estimate of drug-likeness (QED) is 0.564. The average molecular weight is 244 g/mol. The minimum absolute atomic E-state index is 0.0482. The van der Waals surface area contributed by atoms with Crippen LogP contribution in [0.3, 0.4) is 0 Å². The van der Waals surface area contributed by atoms with Crippen LogP contribution in [-0.2, 0) is 9.53 Å². The number of nitrogens with two attached hydrogens (primary N) is 1. The van der Waals surface area contributed by atoms with Gasteiger partial charge in [-0.15, -0.1) is 0 Å². The Morgan fingerprint density at radius 3 is 2.53 bits per heavy atom. The summed E-state index contributed by atoms with van der Waals surface area (Å²) in [5.41, 5.74) is 5.39. The molecule has 2 N–H and O–H groups in total. The molecule has 1 amide bonds. The molecule has 0 aromatic carbocycles. The molecule has 0 saturated carbocycles. The van der Waals surface area contributed by atoms with Crippen LogP contribution in [-0.4, -0.2) is 44.2 Å². The molecule has 4 heteroatoms. The predicted octanol–water partition coefficient (Wildman–Crippen LogP) is 1.78. The smallest absolute Gasteiger partial charge is 0.248 e. The van der Waals surface area contributed by atoms with Gasteiger partial charge in [-0.2, -0.15) is 0 Å². The fourth-order valence-corrected chi connectivity index (χ4v) is 1.53. The lowest BCUT2D eigenvalue weighted by molar-refractivity contribution is -0.134. The molecule has 0 aliphatic heterocycles. The Morgan fingerprint density at radius 1 is 1.18 bits per heavy atom. The van der Waals surface area contributed by atoms with Gasteiger partial charge < -0.3 is 15.4 Å². The van der Waals surface area contributed by atoms with E-state index in [1.165, 1.54) is 25.7 Å². The molecule has 0 fully saturated rings. The Morgan fingerprint density at radius 2 is 1.88 bits per heavy atom. The molecule has 0 atom stereocenters. The molecule has 0 aromatic heterocycles. The number of carbonyl (C=O) groups excluding carboxylic acids is 1. The second-order valence-corrected chi connectivity index (χ2v) is 4.42. The molecule has 0 saturated heterocycles. The van der Waals surface area contributed by atoms with Gasteiger partial charge in [0.05, 0.1) is 0 Å². The molecule has 0 spiro atoms. The molecule has 17 heavy (non-hydrogen) atoms. The number of unbranched alkanes of at least 4 members (excludes halogenated alkanes) is 4. The predicted molar refractivity (Wildman–Crippen MR) is 70.9 cm³/mol. The van der Waals surface area contributed by atoms with Crippen molar-refractivity contribution in [3.63, 3.8) is 0 Å². The van der Waals surface area contributed by atoms with E-state index >= 15 is 0 Å². The lowest BCUT2D eigenvalue weighted by Crippen LogP contribution is -2.32. The first kappa shape index (κ1) is 16.4. The fourth-order valence-electron chi connectivity index (χ4n) is 1.53. The van der Waals surface area contributed by atoms with Gasteiger partial charge in [0.1, 0.15) is 6.61 Å². The van der Waals surface area contributed by atoms with Gasteiger partial charge in [-0.05, 0) is 19.4 Å². The summed E-state index contributed by atoms with van der Waals surface area (Å²) in [5, 5.41) is 0. The third-order valence-corrected chi connectivity index (χ3v) is 2.74. The number of hydrogen-bond donors (Lipinski definition) is 1. The summed E-state index contributed by atoms with van der Waals surface area (Å²) >= 11 is 0. The maximum atomic E-state index is 11.5. The highest BCUT2D eigenvalue weighted by molar-refractivity contribution is 5.77. The first-order valence-electron chi connectivity index (χ1n) is 6.74. The van der Waals surface area contributed by atoms with Crippen molar-refractivity contribution in [2.24, 2.45) is 5.73 Å². The Balaban J connectivity index is 3.32. The van der Waals surface area contributed by atoms with Gasteiger partial charge in [0.2, 0.25) is 5.91 Å². The van der Waals surface area contributed by atoms with Crippen LogP contribution in [0.15, 0.2) is 0 Å². The summed E-state index contributed by atoms with van der Waals surface area (Å²) in [5.74, 6) is 0.0482. The van der Waals surface area contributed by atoms with Crippen LogP contribution in [0.25, 0.3) is 0 Å². The second-order valence-electron chi connectivity index (χ2n) is 4.42. The van der Waals surface area contributed by atoms with Crippen molar-refractivity contribution in [2.45, 2.75) is 45.4 Å². The molecule has 0 aliphatic carbocycles. The van der Waals surface area contributed by atoms with E-state index in [2.05, 4.69) is 6.92 Å². The fraction of sp³-hybridized carbons (Fsp3) is 0.923. The minimum atomic E-state index is 0.0482. The van der Waals surface area contributed by atoms with E-state index in [0.29, 0.717) is 13.2 Å². The van der Waals surface area contributed by atoms with Gasteiger partial charge in [-0.25, -0.2) is 0 Å². The molecule has 102 valence electrons. The standard InChI is InChI=1S/C13H28N2O2/c1-3-4-5-6-7-11-17-12-13(16)15(2)10-8-9-14/h3-12,14H2,1-2H3. The molecule has 0 aliphatic rings. The molecular weight excluding hydrogens is 216 g/mol. The third-order valence-electron chi connectivity index (χ3n) is 2.74. The summed E-state index contributed by atoms with van der Waals surface area (Å²) in [7, 11) is 1.79. The van der Waals surface area contributed by atoms with Crippen LogP contribution in [0, 0.1) is 0 Å². The first-order valence-corrected chi connectivity index (χ1v) is 6.74. The number of amides is 1. The first-order chi connectivity index (χ1) is 8.22. The maximum Gasteiger partial charge on any atom is 0.248 e. The Labute approximate surface area is 105 Å². The van der Waals surface area contributed by atoms with Gasteiger partial charge in [0.15, 0.2) is 0 Å². The summed E-state index contributed by atoms with van der Waals surface area (Å²) in [6.45, 7) is 4.44. The SMILES string of the molecule is CCCCCCCOCC(=O)N(C)CCCN. The number of nitrogens with zero attached hydrogens (tertiary/aromatic N) is 1. The molecular formula is C13H28N2O2. The minimum Gasteiger partial charge on any atom is -0.372 e.